The molecule has 0 fully saturated rings. The van der Waals surface area contributed by atoms with Crippen LogP contribution in [0.15, 0.2) is 71.7 Å². The predicted octanol–water partition coefficient (Wildman–Crippen LogP) is 5.43. The third-order valence-corrected chi connectivity index (χ3v) is 5.55. The van der Waals surface area contributed by atoms with Crippen molar-refractivity contribution in [3.05, 3.63) is 94.0 Å². The fourth-order valence-electron chi connectivity index (χ4n) is 3.70. The van der Waals surface area contributed by atoms with Crippen LogP contribution in [0.5, 0.6) is 5.88 Å². The van der Waals surface area contributed by atoms with Crippen LogP contribution in [-0.2, 0) is 17.8 Å². The molecule has 0 aliphatic heterocycles. The molecular weight excluding hydrogens is 438 g/mol. The van der Waals surface area contributed by atoms with Crippen LogP contribution in [0, 0.1) is 0 Å². The Kier molecular flexibility index (Phi) is 6.77. The Labute approximate surface area is 196 Å². The summed E-state index contributed by atoms with van der Waals surface area (Å²) >= 11 is 6.13. The fourth-order valence-corrected chi connectivity index (χ4v) is 3.87. The summed E-state index contributed by atoms with van der Waals surface area (Å²) in [5.41, 5.74) is 5.17. The lowest BCUT2D eigenvalue weighted by atomic mass is 9.99. The zero-order valence-corrected chi connectivity index (χ0v) is 18.9. The highest BCUT2D eigenvalue weighted by Gasteiger charge is 2.19. The van der Waals surface area contributed by atoms with E-state index >= 15 is 0 Å². The zero-order chi connectivity index (χ0) is 23.4. The number of fused-ring (bicyclic) bond motifs is 1. The number of halogens is 1. The van der Waals surface area contributed by atoms with Gasteiger partial charge in [-0.05, 0) is 41.9 Å². The van der Waals surface area contributed by atoms with Crippen molar-refractivity contribution in [3.63, 3.8) is 0 Å². The number of H-pyrrole nitrogens is 1. The molecule has 6 nitrogen and oxygen atoms in total. The normalized spacial score (nSPS) is 11.8. The van der Waals surface area contributed by atoms with Gasteiger partial charge in [-0.3, -0.25) is 4.79 Å². The largest absolute Gasteiger partial charge is 0.494 e. The van der Waals surface area contributed by atoms with Gasteiger partial charge in [0.05, 0.1) is 28.9 Å². The van der Waals surface area contributed by atoms with Crippen molar-refractivity contribution in [2.45, 2.75) is 19.9 Å². The summed E-state index contributed by atoms with van der Waals surface area (Å²) in [6, 6.07) is 20.5. The minimum atomic E-state index is -0.888. The molecule has 0 amide bonds. The maximum atomic E-state index is 11.1. The van der Waals surface area contributed by atoms with Gasteiger partial charge < -0.3 is 20.5 Å². The Bertz CT molecular complexity index is 1310. The number of aliphatic imine (C=N–C) groups is 1. The molecule has 0 bridgehead atoms. The number of aromatic nitrogens is 1. The predicted molar refractivity (Wildman–Crippen MR) is 132 cm³/mol. The Hall–Kier alpha value is -3.61. The van der Waals surface area contributed by atoms with Crippen molar-refractivity contribution in [2.75, 3.05) is 6.54 Å². The minimum Gasteiger partial charge on any atom is -0.494 e. The molecule has 4 rings (SSSR count). The molecule has 0 saturated heterocycles. The molecule has 168 valence electrons. The Morgan fingerprint density at radius 1 is 1.03 bits per heavy atom. The number of aromatic hydroxyl groups is 1. The van der Waals surface area contributed by atoms with E-state index in [9.17, 15) is 9.90 Å². The van der Waals surface area contributed by atoms with Crippen LogP contribution in [0.4, 0.5) is 5.69 Å². The number of nitrogens with one attached hydrogen (secondary N) is 2. The summed E-state index contributed by atoms with van der Waals surface area (Å²) in [6.45, 7) is 3.74. The summed E-state index contributed by atoms with van der Waals surface area (Å²) < 4.78 is 0. The van der Waals surface area contributed by atoms with Gasteiger partial charge in [0.25, 0.3) is 0 Å². The van der Waals surface area contributed by atoms with Crippen molar-refractivity contribution in [3.8, 4) is 5.88 Å². The molecule has 0 saturated carbocycles. The van der Waals surface area contributed by atoms with Gasteiger partial charge in [0, 0.05) is 22.5 Å². The summed E-state index contributed by atoms with van der Waals surface area (Å²) in [6.07, 6.45) is -0.0587. The van der Waals surface area contributed by atoms with Gasteiger partial charge in [0.1, 0.15) is 0 Å². The average molecular weight is 462 g/mol. The highest BCUT2D eigenvalue weighted by Crippen LogP contribution is 2.33. The third kappa shape index (κ3) is 5.25. The number of nitrogens with zero attached hydrogens (tertiary/aromatic N) is 1. The minimum absolute atomic E-state index is 0.00982. The molecule has 0 unspecified atom stereocenters. The monoisotopic (exact) mass is 461 g/mol. The molecule has 0 radical (unpaired) electrons. The standard InChI is InChI=1S/C26H24ClN3O3/c1-2-28-15-17-5-10-20(11-6-17)29-25(18-7-3-16(4-8-18)13-23(31)32)24-21-12-9-19(27)14-22(21)30-26(24)33/h3-12,14,28,30,33H,2,13,15H2,1H3,(H,31,32). The second kappa shape index (κ2) is 9.90. The Morgan fingerprint density at radius 2 is 1.73 bits per heavy atom. The molecule has 0 aliphatic carbocycles. The number of hydrogen-bond acceptors (Lipinski definition) is 4. The van der Waals surface area contributed by atoms with Gasteiger partial charge in [0.15, 0.2) is 5.88 Å². The van der Waals surface area contributed by atoms with Crippen LogP contribution < -0.4 is 5.32 Å². The second-order valence-electron chi connectivity index (χ2n) is 7.71. The van der Waals surface area contributed by atoms with E-state index in [4.69, 9.17) is 21.7 Å². The second-order valence-corrected chi connectivity index (χ2v) is 8.15. The zero-order valence-electron chi connectivity index (χ0n) is 18.1. The topological polar surface area (TPSA) is 97.7 Å². The van der Waals surface area contributed by atoms with Gasteiger partial charge >= 0.3 is 5.97 Å². The smallest absolute Gasteiger partial charge is 0.307 e. The van der Waals surface area contributed by atoms with E-state index in [0.29, 0.717) is 27.4 Å². The van der Waals surface area contributed by atoms with Crippen molar-refractivity contribution >= 4 is 39.9 Å². The van der Waals surface area contributed by atoms with E-state index in [1.807, 2.05) is 42.5 Å². The van der Waals surface area contributed by atoms with Crippen LogP contribution in [0.2, 0.25) is 5.02 Å². The average Bonchev–Trinajstić information content (AvgIpc) is 3.11. The number of aliphatic carboxylic acids is 1. The van der Waals surface area contributed by atoms with Crippen molar-refractivity contribution in [2.24, 2.45) is 4.99 Å². The highest BCUT2D eigenvalue weighted by atomic mass is 35.5. The van der Waals surface area contributed by atoms with Crippen LogP contribution >= 0.6 is 11.6 Å². The molecule has 33 heavy (non-hydrogen) atoms. The van der Waals surface area contributed by atoms with Crippen LogP contribution in [0.1, 0.15) is 29.2 Å². The maximum absolute atomic E-state index is 11.1. The summed E-state index contributed by atoms with van der Waals surface area (Å²) in [5, 5.41) is 24.5. The third-order valence-electron chi connectivity index (χ3n) is 5.32. The van der Waals surface area contributed by atoms with E-state index < -0.39 is 5.97 Å². The molecule has 0 spiro atoms. The Morgan fingerprint density at radius 3 is 2.39 bits per heavy atom. The van der Waals surface area contributed by atoms with Crippen molar-refractivity contribution in [1.29, 1.82) is 0 Å². The Balaban J connectivity index is 1.82. The number of benzene rings is 3. The molecule has 4 N–H and O–H groups in total. The van der Waals surface area contributed by atoms with E-state index in [2.05, 4.69) is 17.2 Å². The van der Waals surface area contributed by atoms with Crippen LogP contribution in [0.3, 0.4) is 0 Å². The molecule has 3 aromatic carbocycles. The van der Waals surface area contributed by atoms with E-state index in [1.165, 1.54) is 0 Å². The number of hydrogen-bond donors (Lipinski definition) is 4. The molecule has 1 aromatic heterocycles. The summed E-state index contributed by atoms with van der Waals surface area (Å²) in [7, 11) is 0. The highest BCUT2D eigenvalue weighted by molar-refractivity contribution is 6.31. The summed E-state index contributed by atoms with van der Waals surface area (Å²) in [4.78, 5) is 18.9. The van der Waals surface area contributed by atoms with Gasteiger partial charge in [-0.15, -0.1) is 0 Å². The number of carboxylic acid groups (broad SMARTS) is 1. The number of rotatable bonds is 8. The number of carbonyl (C=O) groups is 1. The first-order valence-electron chi connectivity index (χ1n) is 10.6. The van der Waals surface area contributed by atoms with E-state index in [0.717, 1.165) is 35.3 Å². The SMILES string of the molecule is CCNCc1ccc(N=C(c2ccc(CC(=O)O)cc2)c2c(O)[nH]c3cc(Cl)ccc23)cc1. The van der Waals surface area contributed by atoms with Gasteiger partial charge in [-0.25, -0.2) is 4.99 Å². The molecular formula is C26H24ClN3O3. The first kappa shape index (κ1) is 22.6. The van der Waals surface area contributed by atoms with Gasteiger partial charge in [0.2, 0.25) is 0 Å². The number of carboxylic acids is 1. The molecule has 7 heteroatoms. The van der Waals surface area contributed by atoms with Crippen LogP contribution in [0.25, 0.3) is 10.9 Å². The summed E-state index contributed by atoms with van der Waals surface area (Å²) in [5.74, 6) is -0.898. The first-order valence-corrected chi connectivity index (χ1v) is 11.0. The van der Waals surface area contributed by atoms with E-state index in [1.54, 1.807) is 24.3 Å². The molecule has 1 heterocycles. The quantitative estimate of drug-likeness (QED) is 0.263. The first-order chi connectivity index (χ1) is 15.9. The number of aromatic amines is 1. The van der Waals surface area contributed by atoms with E-state index in [-0.39, 0.29) is 12.3 Å². The lowest BCUT2D eigenvalue weighted by molar-refractivity contribution is -0.136. The van der Waals surface area contributed by atoms with Crippen molar-refractivity contribution in [1.82, 2.24) is 10.3 Å². The molecule has 0 aliphatic rings. The molecule has 4 aromatic rings. The van der Waals surface area contributed by atoms with Crippen LogP contribution in [-0.4, -0.2) is 33.4 Å². The fraction of sp³-hybridized carbons (Fsp3) is 0.154. The van der Waals surface area contributed by atoms with Gasteiger partial charge in [-0.1, -0.05) is 61.0 Å². The molecule has 0 atom stereocenters. The lowest BCUT2D eigenvalue weighted by Gasteiger charge is -2.09. The lowest BCUT2D eigenvalue weighted by Crippen LogP contribution is -2.11. The maximum Gasteiger partial charge on any atom is 0.307 e. The van der Waals surface area contributed by atoms with Crippen molar-refractivity contribution < 1.29 is 15.0 Å². The van der Waals surface area contributed by atoms with Gasteiger partial charge in [-0.2, -0.15) is 0 Å².